The zero-order valence-electron chi connectivity index (χ0n) is 16.7. The predicted molar refractivity (Wildman–Crippen MR) is 117 cm³/mol. The minimum Gasteiger partial charge on any atom is -0.493 e. The molecule has 1 N–H and O–H groups in total. The van der Waals surface area contributed by atoms with Crippen LogP contribution in [0, 0.1) is 5.82 Å². The number of hydrogen-bond acceptors (Lipinski definition) is 7. The van der Waals surface area contributed by atoms with Gasteiger partial charge in [-0.15, -0.1) is 0 Å². The summed E-state index contributed by atoms with van der Waals surface area (Å²) in [6, 6.07) is 7.97. The van der Waals surface area contributed by atoms with Crippen LogP contribution in [-0.4, -0.2) is 47.5 Å². The van der Waals surface area contributed by atoms with Gasteiger partial charge in [0.05, 0.1) is 24.2 Å². The first-order chi connectivity index (χ1) is 15.1. The molecule has 0 radical (unpaired) electrons. The number of allylic oxidation sites excluding steroid dienone is 1. The number of nitrogens with one attached hydrogen (secondary N) is 1. The standard InChI is InChI=1S/C22H20ClFN4O3/c1-30-20-11-19-16(10-21(20)31-15-5-7-28(12-15)6-2-8-29)22(26-13-25-19)27-14-3-4-18(24)17(23)9-14/h2-4,6,8-11,13,15H,5,7,12H2,1H3,(H,25,26,27)/t15-/m0/s1. The van der Waals surface area contributed by atoms with E-state index in [1.165, 1.54) is 24.5 Å². The Kier molecular flexibility index (Phi) is 6.18. The topological polar surface area (TPSA) is 76.6 Å². The van der Waals surface area contributed by atoms with Crippen molar-refractivity contribution < 1.29 is 18.7 Å². The van der Waals surface area contributed by atoms with Crippen LogP contribution in [0.2, 0.25) is 5.02 Å². The number of nitrogens with zero attached hydrogens (tertiary/aromatic N) is 3. The molecule has 1 saturated heterocycles. The van der Waals surface area contributed by atoms with Crippen molar-refractivity contribution in [2.24, 2.45) is 0 Å². The van der Waals surface area contributed by atoms with Crippen molar-refractivity contribution in [3.8, 4) is 11.5 Å². The molecule has 1 atom stereocenters. The van der Waals surface area contributed by atoms with E-state index in [1.54, 1.807) is 25.4 Å². The molecule has 2 heterocycles. The van der Waals surface area contributed by atoms with Crippen molar-refractivity contribution in [1.82, 2.24) is 14.9 Å². The van der Waals surface area contributed by atoms with Gasteiger partial charge in [-0.2, -0.15) is 0 Å². The highest BCUT2D eigenvalue weighted by Gasteiger charge is 2.23. The van der Waals surface area contributed by atoms with E-state index in [1.807, 2.05) is 11.0 Å². The second kappa shape index (κ2) is 9.18. The molecule has 1 aromatic heterocycles. The Morgan fingerprint density at radius 3 is 2.90 bits per heavy atom. The molecule has 9 heteroatoms. The number of aldehydes is 1. The minimum absolute atomic E-state index is 0.0171. The van der Waals surface area contributed by atoms with Crippen molar-refractivity contribution in [2.45, 2.75) is 12.5 Å². The second-order valence-corrected chi connectivity index (χ2v) is 7.40. The van der Waals surface area contributed by atoms with Gasteiger partial charge in [-0.05, 0) is 30.3 Å². The molecule has 0 saturated carbocycles. The van der Waals surface area contributed by atoms with Gasteiger partial charge in [-0.3, -0.25) is 4.79 Å². The number of likely N-dealkylation sites (tertiary alicyclic amines) is 1. The molecule has 1 aliphatic heterocycles. The van der Waals surface area contributed by atoms with Crippen LogP contribution in [0.1, 0.15) is 6.42 Å². The van der Waals surface area contributed by atoms with Gasteiger partial charge in [-0.1, -0.05) is 11.6 Å². The third kappa shape index (κ3) is 4.69. The molecular formula is C22H20ClFN4O3. The van der Waals surface area contributed by atoms with Crippen LogP contribution in [-0.2, 0) is 4.79 Å². The Morgan fingerprint density at radius 1 is 1.26 bits per heavy atom. The third-order valence-electron chi connectivity index (χ3n) is 4.95. The number of carbonyl (C=O) groups is 1. The molecule has 160 valence electrons. The van der Waals surface area contributed by atoms with E-state index in [-0.39, 0.29) is 11.1 Å². The molecule has 31 heavy (non-hydrogen) atoms. The van der Waals surface area contributed by atoms with Crippen molar-refractivity contribution in [3.05, 3.63) is 59.8 Å². The number of aromatic nitrogens is 2. The summed E-state index contributed by atoms with van der Waals surface area (Å²) in [5, 5.41) is 3.89. The zero-order chi connectivity index (χ0) is 21.8. The Balaban J connectivity index is 1.63. The first-order valence-corrected chi connectivity index (χ1v) is 10.0. The number of rotatable bonds is 7. The summed E-state index contributed by atoms with van der Waals surface area (Å²) in [7, 11) is 1.57. The molecule has 4 rings (SSSR count). The van der Waals surface area contributed by atoms with Crippen molar-refractivity contribution >= 4 is 40.3 Å². The first-order valence-electron chi connectivity index (χ1n) is 9.65. The van der Waals surface area contributed by atoms with Crippen LogP contribution in [0.5, 0.6) is 11.5 Å². The van der Waals surface area contributed by atoms with Crippen LogP contribution in [0.25, 0.3) is 10.9 Å². The van der Waals surface area contributed by atoms with Gasteiger partial charge in [-0.25, -0.2) is 14.4 Å². The molecule has 1 fully saturated rings. The van der Waals surface area contributed by atoms with E-state index in [0.29, 0.717) is 35.1 Å². The number of hydrogen-bond donors (Lipinski definition) is 1. The van der Waals surface area contributed by atoms with E-state index < -0.39 is 5.82 Å². The van der Waals surface area contributed by atoms with Gasteiger partial charge < -0.3 is 19.7 Å². The highest BCUT2D eigenvalue weighted by molar-refractivity contribution is 6.31. The van der Waals surface area contributed by atoms with Crippen molar-refractivity contribution in [2.75, 3.05) is 25.5 Å². The number of carbonyl (C=O) groups excluding carboxylic acids is 1. The van der Waals surface area contributed by atoms with Crippen molar-refractivity contribution in [1.29, 1.82) is 0 Å². The number of fused-ring (bicyclic) bond motifs is 1. The Bertz CT molecular complexity index is 1140. The maximum atomic E-state index is 13.5. The SMILES string of the molecule is COc1cc2ncnc(Nc3ccc(F)c(Cl)c3)c2cc1O[C@H]1CCN(C=CC=O)C1. The number of anilines is 2. The smallest absolute Gasteiger partial charge is 0.162 e. The number of methoxy groups -OCH3 is 1. The van der Waals surface area contributed by atoms with Crippen LogP contribution in [0.15, 0.2) is 48.9 Å². The predicted octanol–water partition coefficient (Wildman–Crippen LogP) is 4.34. The number of benzene rings is 2. The van der Waals surface area contributed by atoms with Crippen LogP contribution in [0.3, 0.4) is 0 Å². The summed E-state index contributed by atoms with van der Waals surface area (Å²) < 4.78 is 25.2. The van der Waals surface area contributed by atoms with Crippen molar-refractivity contribution in [3.63, 3.8) is 0 Å². The monoisotopic (exact) mass is 442 g/mol. The van der Waals surface area contributed by atoms with Gasteiger partial charge in [0.15, 0.2) is 11.5 Å². The van der Waals surface area contributed by atoms with Crippen LogP contribution >= 0.6 is 11.6 Å². The van der Waals surface area contributed by atoms with Gasteiger partial charge in [0, 0.05) is 36.3 Å². The quantitative estimate of drug-likeness (QED) is 0.431. The average molecular weight is 443 g/mol. The fraction of sp³-hybridized carbons (Fsp3) is 0.227. The van der Waals surface area contributed by atoms with Gasteiger partial charge >= 0.3 is 0 Å². The minimum atomic E-state index is -0.492. The van der Waals surface area contributed by atoms with Gasteiger partial charge in [0.2, 0.25) is 0 Å². The largest absolute Gasteiger partial charge is 0.493 e. The van der Waals surface area contributed by atoms with E-state index in [9.17, 15) is 9.18 Å². The number of ether oxygens (including phenoxy) is 2. The Hall–Kier alpha value is -3.39. The average Bonchev–Trinajstić information content (AvgIpc) is 3.22. The summed E-state index contributed by atoms with van der Waals surface area (Å²) in [5.74, 6) is 1.16. The number of halogens is 2. The third-order valence-corrected chi connectivity index (χ3v) is 5.24. The van der Waals surface area contributed by atoms with E-state index in [2.05, 4.69) is 15.3 Å². The lowest BCUT2D eigenvalue weighted by Gasteiger charge is -2.18. The molecule has 0 bridgehead atoms. The summed E-state index contributed by atoms with van der Waals surface area (Å²) in [5.41, 5.74) is 1.26. The molecule has 0 spiro atoms. The van der Waals surface area contributed by atoms with Crippen LogP contribution < -0.4 is 14.8 Å². The fourth-order valence-electron chi connectivity index (χ4n) is 3.45. The van der Waals surface area contributed by atoms with Gasteiger partial charge in [0.25, 0.3) is 0 Å². The van der Waals surface area contributed by atoms with E-state index in [0.717, 1.165) is 24.6 Å². The second-order valence-electron chi connectivity index (χ2n) is 7.00. The lowest BCUT2D eigenvalue weighted by molar-refractivity contribution is -0.104. The molecule has 0 unspecified atom stereocenters. The molecule has 1 aliphatic rings. The normalized spacial score (nSPS) is 16.1. The summed E-state index contributed by atoms with van der Waals surface area (Å²) >= 11 is 5.89. The molecular weight excluding hydrogens is 423 g/mol. The molecule has 3 aromatic rings. The first kappa shape index (κ1) is 20.9. The maximum absolute atomic E-state index is 13.5. The fourth-order valence-corrected chi connectivity index (χ4v) is 3.63. The highest BCUT2D eigenvalue weighted by Crippen LogP contribution is 2.36. The maximum Gasteiger partial charge on any atom is 0.162 e. The van der Waals surface area contributed by atoms with E-state index >= 15 is 0 Å². The lowest BCUT2D eigenvalue weighted by Crippen LogP contribution is -2.21. The highest BCUT2D eigenvalue weighted by atomic mass is 35.5. The molecule has 2 aromatic carbocycles. The molecule has 0 amide bonds. The summed E-state index contributed by atoms with van der Waals surface area (Å²) in [6.07, 6.45) is 6.18. The van der Waals surface area contributed by atoms with Gasteiger partial charge in [0.1, 0.15) is 30.4 Å². The van der Waals surface area contributed by atoms with Crippen LogP contribution in [0.4, 0.5) is 15.9 Å². The molecule has 7 nitrogen and oxygen atoms in total. The summed E-state index contributed by atoms with van der Waals surface area (Å²) in [6.45, 7) is 1.46. The molecule has 0 aliphatic carbocycles. The summed E-state index contributed by atoms with van der Waals surface area (Å²) in [4.78, 5) is 21.2. The Labute approximate surface area is 183 Å². The van der Waals surface area contributed by atoms with E-state index in [4.69, 9.17) is 21.1 Å². The lowest BCUT2D eigenvalue weighted by atomic mass is 10.2. The zero-order valence-corrected chi connectivity index (χ0v) is 17.5. The Morgan fingerprint density at radius 2 is 2.13 bits per heavy atom.